The van der Waals surface area contributed by atoms with Gasteiger partial charge in [0.1, 0.15) is 0 Å². The lowest BCUT2D eigenvalue weighted by Crippen LogP contribution is -2.42. The van der Waals surface area contributed by atoms with Crippen molar-refractivity contribution in [2.75, 3.05) is 0 Å². The first-order valence-corrected chi connectivity index (χ1v) is 10.6. The van der Waals surface area contributed by atoms with Gasteiger partial charge in [0, 0.05) is 16.3 Å². The number of halogens is 2. The molecule has 7 nitrogen and oxygen atoms in total. The highest BCUT2D eigenvalue weighted by molar-refractivity contribution is 8.00. The minimum Gasteiger partial charge on any atom is -0.351 e. The van der Waals surface area contributed by atoms with E-state index < -0.39 is 17.2 Å². The third-order valence-electron chi connectivity index (χ3n) is 4.16. The molecule has 0 saturated carbocycles. The number of imide groups is 1. The largest absolute Gasteiger partial charge is 0.351 e. The molecule has 10 heteroatoms. The van der Waals surface area contributed by atoms with Crippen LogP contribution in [-0.2, 0) is 4.79 Å². The number of para-hydroxylation sites is 1. The molecule has 2 aromatic carbocycles. The van der Waals surface area contributed by atoms with Gasteiger partial charge in [0.2, 0.25) is 5.91 Å². The van der Waals surface area contributed by atoms with E-state index in [-0.39, 0.29) is 5.92 Å². The van der Waals surface area contributed by atoms with E-state index in [0.29, 0.717) is 26.6 Å². The monoisotopic (exact) mass is 463 g/mol. The van der Waals surface area contributed by atoms with Crippen LogP contribution in [0.1, 0.15) is 13.8 Å². The lowest BCUT2D eigenvalue weighted by atomic mass is 10.1. The van der Waals surface area contributed by atoms with Crippen molar-refractivity contribution in [3.63, 3.8) is 0 Å². The summed E-state index contributed by atoms with van der Waals surface area (Å²) < 4.78 is 1.81. The summed E-state index contributed by atoms with van der Waals surface area (Å²) in [7, 11) is 0. The fourth-order valence-electron chi connectivity index (χ4n) is 2.80. The van der Waals surface area contributed by atoms with Gasteiger partial charge in [-0.1, -0.05) is 67.0 Å². The molecular formula is C20H19Cl2N5O2S. The molecule has 0 aliphatic heterocycles. The summed E-state index contributed by atoms with van der Waals surface area (Å²) in [5.74, 6) is -0.0859. The van der Waals surface area contributed by atoms with E-state index in [0.717, 1.165) is 5.69 Å². The van der Waals surface area contributed by atoms with Crippen LogP contribution in [0.15, 0.2) is 53.7 Å². The van der Waals surface area contributed by atoms with Crippen LogP contribution in [0.5, 0.6) is 0 Å². The number of nitrogens with zero attached hydrogens (tertiary/aromatic N) is 3. The molecule has 30 heavy (non-hydrogen) atoms. The van der Waals surface area contributed by atoms with Gasteiger partial charge in [-0.15, -0.1) is 10.2 Å². The first-order valence-electron chi connectivity index (χ1n) is 9.01. The fraction of sp³-hybridized carbons (Fsp3) is 0.200. The first-order chi connectivity index (χ1) is 14.3. The van der Waals surface area contributed by atoms with Gasteiger partial charge in [-0.3, -0.25) is 14.7 Å². The summed E-state index contributed by atoms with van der Waals surface area (Å²) in [4.78, 5) is 23.6. The molecule has 1 atom stereocenters. The predicted octanol–water partition coefficient (Wildman–Crippen LogP) is 4.55. The lowest BCUT2D eigenvalue weighted by molar-refractivity contribution is -0.120. The number of primary amides is 1. The SMILES string of the molecule is CC(C)C(Sc1nnc(-c2ccc(Cl)cc2Cl)n1-c1ccccc1)C(=O)NC(N)=O. The second-order valence-electron chi connectivity index (χ2n) is 6.74. The number of thioether (sulfide) groups is 1. The Morgan fingerprint density at radius 1 is 1.10 bits per heavy atom. The van der Waals surface area contributed by atoms with Crippen LogP contribution in [0, 0.1) is 5.92 Å². The highest BCUT2D eigenvalue weighted by Gasteiger charge is 2.28. The maximum atomic E-state index is 12.5. The third-order valence-corrected chi connectivity index (χ3v) is 6.20. The Labute approximate surface area is 188 Å². The fourth-order valence-corrected chi connectivity index (χ4v) is 4.34. The third kappa shape index (κ3) is 4.95. The molecule has 3 amide bonds. The Hall–Kier alpha value is -2.55. The van der Waals surface area contributed by atoms with E-state index in [1.807, 2.05) is 48.7 Å². The van der Waals surface area contributed by atoms with Gasteiger partial charge in [0.05, 0.1) is 10.3 Å². The average Bonchev–Trinajstić information content (AvgIpc) is 3.09. The number of nitrogens with one attached hydrogen (secondary N) is 1. The number of hydrogen-bond donors (Lipinski definition) is 2. The standard InChI is InChI=1S/C20H19Cl2N5O2S/c1-11(2)16(18(28)24-19(23)29)30-20-26-25-17(14-9-8-12(21)10-15(14)22)27(20)13-6-4-3-5-7-13/h3-11,16H,1-2H3,(H3,23,24,28,29). The number of nitrogens with two attached hydrogens (primary N) is 1. The predicted molar refractivity (Wildman–Crippen MR) is 119 cm³/mol. The minimum absolute atomic E-state index is 0.0992. The molecule has 3 N–H and O–H groups in total. The maximum Gasteiger partial charge on any atom is 0.318 e. The number of benzene rings is 2. The summed E-state index contributed by atoms with van der Waals surface area (Å²) in [6.07, 6.45) is 0. The molecule has 1 unspecified atom stereocenters. The van der Waals surface area contributed by atoms with Gasteiger partial charge < -0.3 is 5.73 Å². The van der Waals surface area contributed by atoms with Crippen LogP contribution < -0.4 is 11.1 Å². The number of carbonyl (C=O) groups excluding carboxylic acids is 2. The molecule has 0 aliphatic rings. The van der Waals surface area contributed by atoms with Crippen LogP contribution in [-0.4, -0.2) is 32.0 Å². The first kappa shape index (κ1) is 22.1. The molecule has 1 heterocycles. The second kappa shape index (κ2) is 9.51. The normalized spacial score (nSPS) is 12.0. The number of aromatic nitrogens is 3. The van der Waals surface area contributed by atoms with Gasteiger partial charge in [-0.25, -0.2) is 4.79 Å². The number of carbonyl (C=O) groups is 2. The Kier molecular flexibility index (Phi) is 7.02. The number of urea groups is 1. The zero-order valence-electron chi connectivity index (χ0n) is 16.2. The molecule has 0 aliphatic carbocycles. The Bertz CT molecular complexity index is 1070. The molecule has 0 radical (unpaired) electrons. The van der Waals surface area contributed by atoms with Crippen molar-refractivity contribution in [2.45, 2.75) is 24.3 Å². The van der Waals surface area contributed by atoms with E-state index in [1.54, 1.807) is 18.2 Å². The minimum atomic E-state index is -0.899. The molecule has 156 valence electrons. The van der Waals surface area contributed by atoms with E-state index in [1.165, 1.54) is 11.8 Å². The van der Waals surface area contributed by atoms with Crippen LogP contribution >= 0.6 is 35.0 Å². The van der Waals surface area contributed by atoms with Crippen LogP contribution in [0.2, 0.25) is 10.0 Å². The van der Waals surface area contributed by atoms with Crippen LogP contribution in [0.25, 0.3) is 17.1 Å². The quantitative estimate of drug-likeness (QED) is 0.521. The number of amides is 3. The summed E-state index contributed by atoms with van der Waals surface area (Å²) in [6, 6.07) is 13.7. The Morgan fingerprint density at radius 3 is 2.40 bits per heavy atom. The van der Waals surface area contributed by atoms with Crippen molar-refractivity contribution in [1.82, 2.24) is 20.1 Å². The highest BCUT2D eigenvalue weighted by atomic mass is 35.5. The summed E-state index contributed by atoms with van der Waals surface area (Å²) in [5, 5.41) is 11.6. The molecular weight excluding hydrogens is 445 g/mol. The molecule has 0 fully saturated rings. The maximum absolute atomic E-state index is 12.5. The average molecular weight is 464 g/mol. The van der Waals surface area contributed by atoms with E-state index in [2.05, 4.69) is 15.5 Å². The van der Waals surface area contributed by atoms with E-state index >= 15 is 0 Å². The van der Waals surface area contributed by atoms with Gasteiger partial charge in [-0.05, 0) is 36.2 Å². The summed E-state index contributed by atoms with van der Waals surface area (Å²) in [6.45, 7) is 3.75. The van der Waals surface area contributed by atoms with Gasteiger partial charge in [0.25, 0.3) is 0 Å². The molecule has 1 aromatic heterocycles. The van der Waals surface area contributed by atoms with E-state index in [9.17, 15) is 9.59 Å². The van der Waals surface area contributed by atoms with Crippen molar-refractivity contribution in [3.8, 4) is 17.1 Å². The Morgan fingerprint density at radius 2 is 1.80 bits per heavy atom. The van der Waals surface area contributed by atoms with Gasteiger partial charge >= 0.3 is 6.03 Å². The van der Waals surface area contributed by atoms with Crippen molar-refractivity contribution in [1.29, 1.82) is 0 Å². The molecule has 3 rings (SSSR count). The zero-order valence-corrected chi connectivity index (χ0v) is 18.5. The van der Waals surface area contributed by atoms with Crippen molar-refractivity contribution < 1.29 is 9.59 Å². The smallest absolute Gasteiger partial charge is 0.318 e. The zero-order chi connectivity index (χ0) is 21.8. The molecule has 0 saturated heterocycles. The topological polar surface area (TPSA) is 103 Å². The van der Waals surface area contributed by atoms with Gasteiger partial charge in [0.15, 0.2) is 11.0 Å². The number of hydrogen-bond acceptors (Lipinski definition) is 5. The second-order valence-corrected chi connectivity index (χ2v) is 8.69. The molecule has 0 bridgehead atoms. The van der Waals surface area contributed by atoms with E-state index in [4.69, 9.17) is 28.9 Å². The van der Waals surface area contributed by atoms with Crippen LogP contribution in [0.3, 0.4) is 0 Å². The molecule has 3 aromatic rings. The van der Waals surface area contributed by atoms with Gasteiger partial charge in [-0.2, -0.15) is 0 Å². The molecule has 0 spiro atoms. The summed E-state index contributed by atoms with van der Waals surface area (Å²) in [5.41, 5.74) is 6.56. The van der Waals surface area contributed by atoms with Crippen molar-refractivity contribution in [2.24, 2.45) is 11.7 Å². The van der Waals surface area contributed by atoms with Crippen molar-refractivity contribution in [3.05, 3.63) is 58.6 Å². The Balaban J connectivity index is 2.10. The highest BCUT2D eigenvalue weighted by Crippen LogP contribution is 2.35. The summed E-state index contributed by atoms with van der Waals surface area (Å²) >= 11 is 13.6. The van der Waals surface area contributed by atoms with Crippen molar-refractivity contribution >= 4 is 46.9 Å². The lowest BCUT2D eigenvalue weighted by Gasteiger charge is -2.19. The number of rotatable bonds is 6. The van der Waals surface area contributed by atoms with Crippen LogP contribution in [0.4, 0.5) is 4.79 Å².